The Morgan fingerprint density at radius 3 is 2.50 bits per heavy atom. The van der Waals surface area contributed by atoms with Gasteiger partial charge in [0.1, 0.15) is 23.6 Å². The minimum Gasteiger partial charge on any atom is -0.492 e. The zero-order valence-corrected chi connectivity index (χ0v) is 22.1. The third kappa shape index (κ3) is 7.15. The highest BCUT2D eigenvalue weighted by molar-refractivity contribution is 5.77. The van der Waals surface area contributed by atoms with E-state index >= 15 is 0 Å². The Morgan fingerprint density at radius 1 is 1.13 bits per heavy atom. The Morgan fingerprint density at radius 2 is 1.87 bits per heavy atom. The second-order valence-corrected chi connectivity index (χ2v) is 9.42. The van der Waals surface area contributed by atoms with Gasteiger partial charge in [-0.05, 0) is 58.0 Å². The van der Waals surface area contributed by atoms with Crippen molar-refractivity contribution in [3.63, 3.8) is 0 Å². The fraction of sp³-hybridized carbons (Fsp3) is 0.481. The van der Waals surface area contributed by atoms with E-state index in [2.05, 4.69) is 24.1 Å². The first-order valence-corrected chi connectivity index (χ1v) is 12.7. The van der Waals surface area contributed by atoms with Crippen molar-refractivity contribution in [1.82, 2.24) is 19.2 Å². The van der Waals surface area contributed by atoms with E-state index in [1.807, 2.05) is 0 Å². The lowest BCUT2D eigenvalue weighted by Crippen LogP contribution is -2.37. The van der Waals surface area contributed by atoms with Crippen LogP contribution in [0.3, 0.4) is 0 Å². The summed E-state index contributed by atoms with van der Waals surface area (Å²) in [6.45, 7) is 10.5. The highest BCUT2D eigenvalue weighted by Gasteiger charge is 2.34. The molecule has 0 saturated heterocycles. The first kappa shape index (κ1) is 29.2. The molecule has 0 aliphatic rings. The van der Waals surface area contributed by atoms with Crippen LogP contribution < -0.4 is 15.6 Å². The van der Waals surface area contributed by atoms with Gasteiger partial charge >= 0.3 is 6.18 Å². The number of hydrogen-bond donors (Lipinski definition) is 1. The number of ether oxygens (including phenoxy) is 1. The molecule has 208 valence electrons. The topological polar surface area (TPSA) is 68.0 Å². The van der Waals surface area contributed by atoms with Crippen LogP contribution in [0.5, 0.6) is 5.75 Å². The predicted octanol–water partition coefficient (Wildman–Crippen LogP) is 4.95. The lowest BCUT2D eigenvalue weighted by Gasteiger charge is -2.19. The average Bonchev–Trinajstić information content (AvgIpc) is 3.25. The number of rotatable bonds is 12. The van der Waals surface area contributed by atoms with E-state index in [1.54, 1.807) is 26.1 Å². The third-order valence-corrected chi connectivity index (χ3v) is 6.03. The molecule has 3 rings (SSSR count). The van der Waals surface area contributed by atoms with E-state index < -0.39 is 35.6 Å². The molecular weight excluding hydrogens is 504 g/mol. The van der Waals surface area contributed by atoms with E-state index in [4.69, 9.17) is 4.74 Å². The lowest BCUT2D eigenvalue weighted by atomic mass is 10.1. The number of fused-ring (bicyclic) bond motifs is 1. The Kier molecular flexibility index (Phi) is 9.59. The molecule has 0 aliphatic heterocycles. The van der Waals surface area contributed by atoms with Crippen molar-refractivity contribution in [2.45, 2.75) is 59.3 Å². The van der Waals surface area contributed by atoms with E-state index in [9.17, 15) is 27.2 Å². The van der Waals surface area contributed by atoms with Gasteiger partial charge in [-0.2, -0.15) is 13.2 Å². The number of aromatic nitrogens is 2. The molecule has 1 N–H and O–H groups in total. The van der Waals surface area contributed by atoms with E-state index in [-0.39, 0.29) is 22.8 Å². The second kappa shape index (κ2) is 12.5. The molecule has 0 fully saturated rings. The van der Waals surface area contributed by atoms with Gasteiger partial charge < -0.3 is 19.4 Å². The fourth-order valence-corrected chi connectivity index (χ4v) is 4.28. The summed E-state index contributed by atoms with van der Waals surface area (Å²) in [5, 5.41) is 2.68. The quantitative estimate of drug-likeness (QED) is 0.262. The van der Waals surface area contributed by atoms with Crippen molar-refractivity contribution in [3.8, 4) is 17.0 Å². The molecule has 0 saturated carbocycles. The van der Waals surface area contributed by atoms with E-state index in [1.165, 1.54) is 10.6 Å². The normalized spacial score (nSPS) is 12.1. The van der Waals surface area contributed by atoms with Gasteiger partial charge in [-0.25, -0.2) is 4.39 Å². The smallest absolute Gasteiger partial charge is 0.419 e. The number of carbonyl (C=O) groups is 1. The summed E-state index contributed by atoms with van der Waals surface area (Å²) >= 11 is 0. The standard InChI is InChI=1S/C27H34F4N4O3/c1-5-10-33(6-2)11-7-12-38-20-14-23-26(37)35(17-25(36)32-18(3)4)24(16-34(23)15-20)19-8-9-22(28)21(13-19)27(29,30)31/h8-9,13-16,18H,5-7,10-12,17H2,1-4H3,(H,32,36). The van der Waals surface area contributed by atoms with Crippen molar-refractivity contribution in [3.05, 3.63) is 58.4 Å². The van der Waals surface area contributed by atoms with Crippen LogP contribution in [-0.2, 0) is 17.5 Å². The molecular formula is C27H34F4N4O3. The second-order valence-electron chi connectivity index (χ2n) is 9.42. The number of nitrogens with one attached hydrogen (secondary N) is 1. The largest absolute Gasteiger partial charge is 0.492 e. The summed E-state index contributed by atoms with van der Waals surface area (Å²) in [6, 6.07) is 3.83. The van der Waals surface area contributed by atoms with Crippen LogP contribution in [0, 0.1) is 5.82 Å². The van der Waals surface area contributed by atoms with E-state index in [0.29, 0.717) is 24.5 Å². The van der Waals surface area contributed by atoms with Crippen LogP contribution in [0.1, 0.15) is 46.1 Å². The SMILES string of the molecule is CCCN(CC)CCCOc1cc2c(=O)n(CC(=O)NC(C)C)c(-c3ccc(F)c(C(F)(F)F)c3)cn2c1. The van der Waals surface area contributed by atoms with Gasteiger partial charge in [-0.1, -0.05) is 13.8 Å². The zero-order valence-electron chi connectivity index (χ0n) is 22.1. The summed E-state index contributed by atoms with van der Waals surface area (Å²) in [6.07, 6.45) is -0.0812. The van der Waals surface area contributed by atoms with Gasteiger partial charge in [0.25, 0.3) is 5.56 Å². The highest BCUT2D eigenvalue weighted by atomic mass is 19.4. The molecule has 0 spiro atoms. The maximum Gasteiger partial charge on any atom is 0.419 e. The van der Waals surface area contributed by atoms with Crippen LogP contribution in [-0.4, -0.2) is 52.1 Å². The van der Waals surface area contributed by atoms with Gasteiger partial charge in [0.15, 0.2) is 0 Å². The molecule has 1 amide bonds. The van der Waals surface area contributed by atoms with Crippen LogP contribution in [0.2, 0.25) is 0 Å². The molecule has 0 unspecified atom stereocenters. The van der Waals surface area contributed by atoms with Gasteiger partial charge in [0, 0.05) is 30.4 Å². The number of nitrogens with zero attached hydrogens (tertiary/aromatic N) is 3. The Labute approximate surface area is 219 Å². The number of alkyl halides is 3. The van der Waals surface area contributed by atoms with Crippen LogP contribution in [0.15, 0.2) is 41.5 Å². The molecule has 7 nitrogen and oxygen atoms in total. The first-order valence-electron chi connectivity index (χ1n) is 12.7. The van der Waals surface area contributed by atoms with Crippen molar-refractivity contribution in [1.29, 1.82) is 0 Å². The molecule has 38 heavy (non-hydrogen) atoms. The first-order chi connectivity index (χ1) is 17.9. The fourth-order valence-electron chi connectivity index (χ4n) is 4.28. The van der Waals surface area contributed by atoms with Crippen LogP contribution in [0.4, 0.5) is 17.6 Å². The minimum absolute atomic E-state index is 0.0345. The van der Waals surface area contributed by atoms with Crippen LogP contribution >= 0.6 is 0 Å². The van der Waals surface area contributed by atoms with Crippen molar-refractivity contribution < 1.29 is 27.1 Å². The van der Waals surface area contributed by atoms with Gasteiger partial charge in [0.2, 0.25) is 5.91 Å². The summed E-state index contributed by atoms with van der Waals surface area (Å²) < 4.78 is 62.5. The van der Waals surface area contributed by atoms with Crippen molar-refractivity contribution in [2.75, 3.05) is 26.2 Å². The monoisotopic (exact) mass is 538 g/mol. The van der Waals surface area contributed by atoms with Gasteiger partial charge in [-0.15, -0.1) is 0 Å². The van der Waals surface area contributed by atoms with Gasteiger partial charge in [0.05, 0.1) is 24.1 Å². The van der Waals surface area contributed by atoms with Crippen molar-refractivity contribution in [2.24, 2.45) is 0 Å². The number of hydrogen-bond acceptors (Lipinski definition) is 4. The number of benzene rings is 1. The summed E-state index contributed by atoms with van der Waals surface area (Å²) in [5.41, 5.74) is -1.87. The molecule has 2 aromatic heterocycles. The third-order valence-electron chi connectivity index (χ3n) is 6.03. The zero-order chi connectivity index (χ0) is 28.0. The molecule has 0 bridgehead atoms. The summed E-state index contributed by atoms with van der Waals surface area (Å²) in [7, 11) is 0. The lowest BCUT2D eigenvalue weighted by molar-refractivity contribution is -0.140. The average molecular weight is 539 g/mol. The number of carbonyl (C=O) groups excluding carboxylic acids is 1. The van der Waals surface area contributed by atoms with E-state index in [0.717, 1.165) is 43.1 Å². The molecule has 0 aliphatic carbocycles. The maximum absolute atomic E-state index is 14.0. The summed E-state index contributed by atoms with van der Waals surface area (Å²) in [4.78, 5) is 28.3. The van der Waals surface area contributed by atoms with Crippen LogP contribution in [0.25, 0.3) is 16.8 Å². The molecule has 11 heteroatoms. The number of amides is 1. The van der Waals surface area contributed by atoms with Crippen molar-refractivity contribution >= 4 is 11.4 Å². The summed E-state index contributed by atoms with van der Waals surface area (Å²) in [5.74, 6) is -1.49. The minimum atomic E-state index is -4.93. The molecule has 2 heterocycles. The maximum atomic E-state index is 14.0. The Balaban J connectivity index is 1.99. The molecule has 3 aromatic rings. The molecule has 0 atom stereocenters. The molecule has 0 radical (unpaired) electrons. The molecule has 1 aromatic carbocycles. The van der Waals surface area contributed by atoms with Gasteiger partial charge in [-0.3, -0.25) is 14.2 Å². The highest BCUT2D eigenvalue weighted by Crippen LogP contribution is 2.34. The number of halogens is 4. The Bertz CT molecular complexity index is 1310. The predicted molar refractivity (Wildman–Crippen MR) is 138 cm³/mol. The Hall–Kier alpha value is -3.34.